The van der Waals surface area contributed by atoms with Crippen molar-refractivity contribution in [1.29, 1.82) is 0 Å². The molecule has 1 amide bonds. The van der Waals surface area contributed by atoms with Crippen LogP contribution in [-0.2, 0) is 11.0 Å². The summed E-state index contributed by atoms with van der Waals surface area (Å²) in [7, 11) is 1.68. The average molecular weight is 623 g/mol. The van der Waals surface area contributed by atoms with Crippen molar-refractivity contribution in [2.75, 3.05) is 43.0 Å². The topological polar surface area (TPSA) is 64.1 Å². The largest absolute Gasteiger partial charge is 0.433 e. The zero-order valence-electron chi connectivity index (χ0n) is 23.0. The van der Waals surface area contributed by atoms with Crippen molar-refractivity contribution in [3.8, 4) is 0 Å². The van der Waals surface area contributed by atoms with E-state index in [0.717, 1.165) is 17.2 Å². The molecule has 4 aromatic rings. The standard InChI is InChI=1S/C31H26ClF3N6OS/c1-39-24-12-11-20(32)17-22(24)27(19-7-3-2-4-8-19)37-28(29(39)42)38-30(43)41-15-13-40(14-16-41)25-18-26(31(33,34)35)36-23-10-6-5-9-21(23)25/h2-12,17-18,28H,13-16H2,1H3,(H,38,43). The van der Waals surface area contributed by atoms with E-state index in [1.54, 1.807) is 49.5 Å². The molecule has 2 aliphatic rings. The number of fused-ring (bicyclic) bond motifs is 2. The van der Waals surface area contributed by atoms with Gasteiger partial charge >= 0.3 is 6.18 Å². The number of hydrogen-bond acceptors (Lipinski definition) is 5. The molecule has 1 N–H and O–H groups in total. The Morgan fingerprint density at radius 2 is 1.65 bits per heavy atom. The van der Waals surface area contributed by atoms with Crippen LogP contribution in [0.2, 0.25) is 5.02 Å². The number of anilines is 2. The third-order valence-electron chi connectivity index (χ3n) is 7.60. The Morgan fingerprint density at radius 1 is 0.953 bits per heavy atom. The summed E-state index contributed by atoms with van der Waals surface area (Å²) in [6.07, 6.45) is -5.57. The van der Waals surface area contributed by atoms with Crippen molar-refractivity contribution in [2.24, 2.45) is 4.99 Å². The van der Waals surface area contributed by atoms with Gasteiger partial charge in [-0.3, -0.25) is 4.79 Å². The maximum absolute atomic E-state index is 13.6. The Balaban J connectivity index is 1.23. The fourth-order valence-corrected chi connectivity index (χ4v) is 5.86. The lowest BCUT2D eigenvalue weighted by atomic mass is 10.0. The second-order valence-electron chi connectivity index (χ2n) is 10.3. The summed E-state index contributed by atoms with van der Waals surface area (Å²) in [4.78, 5) is 27.6. The molecular weight excluding hydrogens is 597 g/mol. The molecular formula is C31H26ClF3N6OS. The van der Waals surface area contributed by atoms with Gasteiger partial charge in [-0.2, -0.15) is 13.2 Å². The van der Waals surface area contributed by atoms with Crippen LogP contribution in [-0.4, -0.2) is 66.0 Å². The summed E-state index contributed by atoms with van der Waals surface area (Å²) in [5, 5.41) is 4.65. The number of carbonyl (C=O) groups is 1. The summed E-state index contributed by atoms with van der Waals surface area (Å²) in [6.45, 7) is 1.72. The number of aliphatic imine (C=N–C) groups is 1. The lowest BCUT2D eigenvalue weighted by Gasteiger charge is -2.38. The third-order valence-corrected chi connectivity index (χ3v) is 8.21. The van der Waals surface area contributed by atoms with Crippen LogP contribution >= 0.6 is 23.8 Å². The van der Waals surface area contributed by atoms with E-state index >= 15 is 0 Å². The first-order valence-electron chi connectivity index (χ1n) is 13.6. The number of alkyl halides is 3. The van der Waals surface area contributed by atoms with E-state index < -0.39 is 18.0 Å². The number of aromatic nitrogens is 1. The molecule has 0 aliphatic carbocycles. The van der Waals surface area contributed by atoms with E-state index in [-0.39, 0.29) is 11.4 Å². The van der Waals surface area contributed by atoms with Crippen LogP contribution in [0.3, 0.4) is 0 Å². The number of hydrogen-bond donors (Lipinski definition) is 1. The highest BCUT2D eigenvalue weighted by molar-refractivity contribution is 7.80. The van der Waals surface area contributed by atoms with Gasteiger partial charge in [0.25, 0.3) is 5.91 Å². The highest BCUT2D eigenvalue weighted by Gasteiger charge is 2.35. The van der Waals surface area contributed by atoms with Crippen molar-refractivity contribution in [3.63, 3.8) is 0 Å². The predicted octanol–water partition coefficient (Wildman–Crippen LogP) is 5.74. The van der Waals surface area contributed by atoms with Crippen molar-refractivity contribution in [1.82, 2.24) is 15.2 Å². The normalized spacial score (nSPS) is 17.4. The van der Waals surface area contributed by atoms with E-state index in [1.165, 1.54) is 4.90 Å². The number of nitrogens with one attached hydrogen (secondary N) is 1. The first-order chi connectivity index (χ1) is 20.6. The van der Waals surface area contributed by atoms with Gasteiger partial charge in [0.2, 0.25) is 6.17 Å². The zero-order valence-corrected chi connectivity index (χ0v) is 24.5. The third kappa shape index (κ3) is 5.74. The highest BCUT2D eigenvalue weighted by atomic mass is 35.5. The molecule has 0 radical (unpaired) electrons. The van der Waals surface area contributed by atoms with Crippen molar-refractivity contribution >= 4 is 62.8 Å². The lowest BCUT2D eigenvalue weighted by molar-refractivity contribution is -0.140. The quantitative estimate of drug-likeness (QED) is 0.294. The number of likely N-dealkylation sites (N-methyl/N-ethyl adjacent to an activating group) is 1. The number of rotatable bonds is 3. The fourth-order valence-electron chi connectivity index (χ4n) is 5.39. The van der Waals surface area contributed by atoms with Crippen LogP contribution in [0.15, 0.2) is 83.9 Å². The fraction of sp³-hybridized carbons (Fsp3) is 0.226. The molecule has 220 valence electrons. The number of pyridine rings is 1. The van der Waals surface area contributed by atoms with Crippen molar-refractivity contribution in [2.45, 2.75) is 12.3 Å². The number of piperazine rings is 1. The van der Waals surface area contributed by atoms with E-state index in [0.29, 0.717) is 58.8 Å². The molecule has 1 aromatic heterocycles. The first-order valence-corrected chi connectivity index (χ1v) is 14.4. The molecule has 2 aliphatic heterocycles. The first kappa shape index (κ1) is 28.9. The Bertz CT molecular complexity index is 1740. The second-order valence-corrected chi connectivity index (χ2v) is 11.1. The minimum Gasteiger partial charge on any atom is -0.367 e. The van der Waals surface area contributed by atoms with Gasteiger partial charge in [0.1, 0.15) is 5.69 Å². The number of benzodiazepines with no additional fused rings is 1. The van der Waals surface area contributed by atoms with Crippen LogP contribution in [0.4, 0.5) is 24.5 Å². The molecule has 6 rings (SSSR count). The second kappa shape index (κ2) is 11.5. The number of nitrogens with zero attached hydrogens (tertiary/aromatic N) is 5. The molecule has 7 nitrogen and oxygen atoms in total. The molecule has 1 atom stereocenters. The van der Waals surface area contributed by atoms with Gasteiger partial charge in [-0.25, -0.2) is 9.98 Å². The number of carbonyl (C=O) groups excluding carboxylic acids is 1. The molecule has 1 unspecified atom stereocenters. The molecule has 0 bridgehead atoms. The van der Waals surface area contributed by atoms with E-state index in [4.69, 9.17) is 28.8 Å². The number of benzene rings is 3. The summed E-state index contributed by atoms with van der Waals surface area (Å²) in [6, 6.07) is 22.8. The number of para-hydroxylation sites is 1. The molecule has 12 heteroatoms. The molecule has 1 fully saturated rings. The Labute approximate surface area is 256 Å². The molecule has 43 heavy (non-hydrogen) atoms. The smallest absolute Gasteiger partial charge is 0.367 e. The number of amides is 1. The van der Waals surface area contributed by atoms with Gasteiger partial charge in [0.05, 0.1) is 16.9 Å². The molecule has 3 aromatic carbocycles. The van der Waals surface area contributed by atoms with E-state index in [9.17, 15) is 18.0 Å². The van der Waals surface area contributed by atoms with Crippen molar-refractivity contribution < 1.29 is 18.0 Å². The average Bonchev–Trinajstić information content (AvgIpc) is 3.10. The molecule has 0 spiro atoms. The van der Waals surface area contributed by atoms with Gasteiger partial charge in [-0.05, 0) is 42.5 Å². The Morgan fingerprint density at radius 3 is 2.37 bits per heavy atom. The van der Waals surface area contributed by atoms with Gasteiger partial charge < -0.3 is 20.0 Å². The van der Waals surface area contributed by atoms with Crippen LogP contribution in [0.1, 0.15) is 16.8 Å². The SMILES string of the molecule is CN1C(=O)C(NC(=S)N2CCN(c3cc(C(F)(F)F)nc4ccccc34)CC2)N=C(c2ccccc2)c2cc(Cl)ccc21. The Hall–Kier alpha value is -4.22. The number of halogens is 4. The van der Waals surface area contributed by atoms with Crippen LogP contribution in [0.25, 0.3) is 10.9 Å². The summed E-state index contributed by atoms with van der Waals surface area (Å²) >= 11 is 12.1. The summed E-state index contributed by atoms with van der Waals surface area (Å²) in [5.41, 5.74) is 2.66. The van der Waals surface area contributed by atoms with Crippen LogP contribution in [0, 0.1) is 0 Å². The maximum Gasteiger partial charge on any atom is 0.433 e. The monoisotopic (exact) mass is 622 g/mol. The van der Waals surface area contributed by atoms with Gasteiger partial charge in [-0.15, -0.1) is 0 Å². The van der Waals surface area contributed by atoms with E-state index in [2.05, 4.69) is 10.3 Å². The van der Waals surface area contributed by atoms with Gasteiger partial charge in [-0.1, -0.05) is 60.1 Å². The van der Waals surface area contributed by atoms with Crippen LogP contribution in [0.5, 0.6) is 0 Å². The molecule has 3 heterocycles. The molecule has 1 saturated heterocycles. The maximum atomic E-state index is 13.6. The minimum atomic E-state index is -4.56. The highest BCUT2D eigenvalue weighted by Crippen LogP contribution is 2.35. The van der Waals surface area contributed by atoms with Crippen LogP contribution < -0.4 is 15.1 Å². The lowest BCUT2D eigenvalue weighted by Crippen LogP contribution is -2.55. The van der Waals surface area contributed by atoms with Gasteiger partial charge in [0.15, 0.2) is 5.11 Å². The zero-order chi connectivity index (χ0) is 30.3. The number of thiocarbonyl (C=S) groups is 1. The summed E-state index contributed by atoms with van der Waals surface area (Å²) < 4.78 is 40.9. The predicted molar refractivity (Wildman–Crippen MR) is 167 cm³/mol. The summed E-state index contributed by atoms with van der Waals surface area (Å²) in [5.74, 6) is -0.293. The van der Waals surface area contributed by atoms with Gasteiger partial charge in [0, 0.05) is 60.4 Å². The minimum absolute atomic E-state index is 0.289. The molecule has 0 saturated carbocycles. The van der Waals surface area contributed by atoms with Crippen molar-refractivity contribution in [3.05, 3.63) is 101 Å². The van der Waals surface area contributed by atoms with E-state index in [1.807, 2.05) is 40.1 Å². The Kier molecular flexibility index (Phi) is 7.70.